The number of nitrogens with zero attached hydrogens (tertiary/aromatic N) is 1. The van der Waals surface area contributed by atoms with Crippen molar-refractivity contribution in [1.29, 1.82) is 0 Å². The van der Waals surface area contributed by atoms with Crippen molar-refractivity contribution in [2.75, 3.05) is 0 Å². The van der Waals surface area contributed by atoms with Crippen molar-refractivity contribution in [3.8, 4) is 11.5 Å². The largest absolute Gasteiger partial charge is 0.454 e. The molecule has 0 saturated carbocycles. The first-order chi connectivity index (χ1) is 8.61. The highest BCUT2D eigenvalue weighted by atomic mass is 35.5. The second kappa shape index (κ2) is 5.76. The Morgan fingerprint density at radius 3 is 2.50 bits per heavy atom. The lowest BCUT2D eigenvalue weighted by molar-refractivity contribution is 0.276. The quantitative estimate of drug-likeness (QED) is 0.858. The summed E-state index contributed by atoms with van der Waals surface area (Å²) in [6.07, 6.45) is 3.05. The monoisotopic (exact) mass is 303 g/mol. The van der Waals surface area contributed by atoms with Crippen molar-refractivity contribution in [2.24, 2.45) is 0 Å². The van der Waals surface area contributed by atoms with Crippen molar-refractivity contribution in [1.82, 2.24) is 4.98 Å². The maximum absolute atomic E-state index is 9.18. The number of hydrogen-bond donors (Lipinski definition) is 1. The molecule has 0 aliphatic carbocycles. The zero-order valence-electron chi connectivity index (χ0n) is 9.03. The van der Waals surface area contributed by atoms with Crippen LogP contribution in [0.25, 0.3) is 0 Å². The van der Waals surface area contributed by atoms with Gasteiger partial charge in [0.1, 0.15) is 5.75 Å². The molecule has 0 amide bonds. The van der Waals surface area contributed by atoms with E-state index in [1.54, 1.807) is 12.3 Å². The fourth-order valence-electron chi connectivity index (χ4n) is 1.33. The molecule has 1 aromatic heterocycles. The second-order valence-corrected chi connectivity index (χ2v) is 4.66. The number of ether oxygens (including phenoxy) is 1. The minimum absolute atomic E-state index is 0.156. The predicted octanol–water partition coefficient (Wildman–Crippen LogP) is 4.33. The van der Waals surface area contributed by atoms with Crippen LogP contribution < -0.4 is 4.74 Å². The Balaban J connectivity index is 2.37. The number of aliphatic hydroxyl groups is 1. The minimum atomic E-state index is -0.156. The summed E-state index contributed by atoms with van der Waals surface area (Å²) >= 11 is 17.7. The normalized spacial score (nSPS) is 10.4. The number of aliphatic hydroxyl groups excluding tert-OH is 1. The van der Waals surface area contributed by atoms with Crippen LogP contribution in [0.4, 0.5) is 0 Å². The van der Waals surface area contributed by atoms with E-state index in [0.717, 1.165) is 0 Å². The first kappa shape index (κ1) is 13.4. The van der Waals surface area contributed by atoms with Gasteiger partial charge in [-0.3, -0.25) is 4.98 Å². The predicted molar refractivity (Wildman–Crippen MR) is 71.7 cm³/mol. The van der Waals surface area contributed by atoms with Gasteiger partial charge in [-0.2, -0.15) is 0 Å². The van der Waals surface area contributed by atoms with Crippen LogP contribution in [0.1, 0.15) is 5.56 Å². The van der Waals surface area contributed by atoms with Crippen LogP contribution in [0.3, 0.4) is 0 Å². The van der Waals surface area contributed by atoms with E-state index in [2.05, 4.69) is 4.98 Å². The summed E-state index contributed by atoms with van der Waals surface area (Å²) in [5, 5.41) is 10.2. The number of hydrogen-bond acceptors (Lipinski definition) is 3. The molecule has 18 heavy (non-hydrogen) atoms. The Labute approximate surface area is 119 Å². The molecule has 1 aromatic carbocycles. The van der Waals surface area contributed by atoms with Crippen LogP contribution in [-0.4, -0.2) is 10.1 Å². The molecule has 0 spiro atoms. The first-order valence-electron chi connectivity index (χ1n) is 4.98. The van der Waals surface area contributed by atoms with Crippen LogP contribution in [0.5, 0.6) is 11.5 Å². The van der Waals surface area contributed by atoms with Gasteiger partial charge < -0.3 is 9.84 Å². The van der Waals surface area contributed by atoms with Crippen LogP contribution in [0, 0.1) is 0 Å². The number of benzene rings is 1. The summed E-state index contributed by atoms with van der Waals surface area (Å²) in [5.41, 5.74) is 0.604. The highest BCUT2D eigenvalue weighted by Gasteiger charge is 2.10. The highest BCUT2D eigenvalue weighted by Crippen LogP contribution is 2.36. The molecule has 3 nitrogen and oxygen atoms in total. The Bertz CT molecular complexity index is 575. The van der Waals surface area contributed by atoms with Crippen molar-refractivity contribution >= 4 is 34.8 Å². The van der Waals surface area contributed by atoms with Gasteiger partial charge in [-0.05, 0) is 12.1 Å². The molecule has 0 aliphatic rings. The SMILES string of the molecule is OCc1ccncc1Oc1cc(Cl)c(Cl)cc1Cl. The second-order valence-electron chi connectivity index (χ2n) is 3.44. The van der Waals surface area contributed by atoms with Gasteiger partial charge in [-0.15, -0.1) is 0 Å². The summed E-state index contributed by atoms with van der Waals surface area (Å²) in [4.78, 5) is 3.92. The Morgan fingerprint density at radius 2 is 1.78 bits per heavy atom. The summed E-state index contributed by atoms with van der Waals surface area (Å²) in [5.74, 6) is 0.772. The van der Waals surface area contributed by atoms with Gasteiger partial charge in [-0.25, -0.2) is 0 Å². The lowest BCUT2D eigenvalue weighted by Crippen LogP contribution is -1.93. The fraction of sp³-hybridized carbons (Fsp3) is 0.0833. The molecule has 2 aromatic rings. The Hall–Kier alpha value is -1.000. The number of aromatic nitrogens is 1. The lowest BCUT2D eigenvalue weighted by Gasteiger charge is -2.11. The van der Waals surface area contributed by atoms with E-state index in [-0.39, 0.29) is 6.61 Å². The van der Waals surface area contributed by atoms with Gasteiger partial charge in [0.2, 0.25) is 0 Å². The molecule has 2 rings (SSSR count). The molecule has 0 bridgehead atoms. The molecule has 0 radical (unpaired) electrons. The number of halogens is 3. The summed E-state index contributed by atoms with van der Waals surface area (Å²) in [6, 6.07) is 4.66. The maximum Gasteiger partial charge on any atom is 0.151 e. The van der Waals surface area contributed by atoms with E-state index in [9.17, 15) is 5.11 Å². The average molecular weight is 305 g/mol. The molecule has 0 atom stereocenters. The van der Waals surface area contributed by atoms with Crippen molar-refractivity contribution in [2.45, 2.75) is 6.61 Å². The third-order valence-corrected chi connectivity index (χ3v) is 3.25. The van der Waals surface area contributed by atoms with E-state index in [1.165, 1.54) is 18.3 Å². The molecule has 6 heteroatoms. The third kappa shape index (κ3) is 2.87. The number of rotatable bonds is 3. The average Bonchev–Trinajstić information content (AvgIpc) is 2.36. The zero-order valence-corrected chi connectivity index (χ0v) is 11.3. The Morgan fingerprint density at radius 1 is 1.06 bits per heavy atom. The fourth-order valence-corrected chi connectivity index (χ4v) is 1.91. The molecule has 0 unspecified atom stereocenters. The topological polar surface area (TPSA) is 42.4 Å². The van der Waals surface area contributed by atoms with E-state index in [1.807, 2.05) is 0 Å². The number of pyridine rings is 1. The van der Waals surface area contributed by atoms with E-state index in [4.69, 9.17) is 39.5 Å². The smallest absolute Gasteiger partial charge is 0.151 e. The maximum atomic E-state index is 9.18. The van der Waals surface area contributed by atoms with Gasteiger partial charge in [0.15, 0.2) is 5.75 Å². The molecule has 0 saturated heterocycles. The molecular formula is C12H8Cl3NO2. The van der Waals surface area contributed by atoms with Gasteiger partial charge in [0.05, 0.1) is 27.9 Å². The molecule has 0 aliphatic heterocycles. The van der Waals surface area contributed by atoms with Crippen LogP contribution in [0.2, 0.25) is 15.1 Å². The molecule has 1 N–H and O–H groups in total. The van der Waals surface area contributed by atoms with E-state index in [0.29, 0.717) is 32.1 Å². The van der Waals surface area contributed by atoms with Gasteiger partial charge in [-0.1, -0.05) is 34.8 Å². The zero-order chi connectivity index (χ0) is 13.1. The van der Waals surface area contributed by atoms with E-state index < -0.39 is 0 Å². The summed E-state index contributed by atoms with van der Waals surface area (Å²) in [6.45, 7) is -0.156. The van der Waals surface area contributed by atoms with Gasteiger partial charge in [0.25, 0.3) is 0 Å². The van der Waals surface area contributed by atoms with Crippen molar-refractivity contribution in [3.63, 3.8) is 0 Å². The van der Waals surface area contributed by atoms with Crippen LogP contribution >= 0.6 is 34.8 Å². The van der Waals surface area contributed by atoms with Gasteiger partial charge >= 0.3 is 0 Å². The molecule has 0 fully saturated rings. The minimum Gasteiger partial charge on any atom is -0.454 e. The van der Waals surface area contributed by atoms with Crippen LogP contribution in [0.15, 0.2) is 30.6 Å². The molecule has 1 heterocycles. The lowest BCUT2D eigenvalue weighted by atomic mass is 10.2. The molecule has 94 valence electrons. The van der Waals surface area contributed by atoms with Crippen LogP contribution in [-0.2, 0) is 6.61 Å². The van der Waals surface area contributed by atoms with E-state index >= 15 is 0 Å². The summed E-state index contributed by atoms with van der Waals surface area (Å²) in [7, 11) is 0. The standard InChI is InChI=1S/C12H8Cl3NO2/c13-8-3-10(15)11(4-9(8)14)18-12-5-16-2-1-7(12)6-17/h1-5,17H,6H2. The Kier molecular flexibility index (Phi) is 4.30. The molecular weight excluding hydrogens is 296 g/mol. The first-order valence-corrected chi connectivity index (χ1v) is 6.11. The van der Waals surface area contributed by atoms with Crippen molar-refractivity contribution < 1.29 is 9.84 Å². The third-order valence-electron chi connectivity index (χ3n) is 2.24. The van der Waals surface area contributed by atoms with Crippen molar-refractivity contribution in [3.05, 3.63) is 51.2 Å². The highest BCUT2D eigenvalue weighted by molar-refractivity contribution is 6.43. The van der Waals surface area contributed by atoms with Gasteiger partial charge in [0, 0.05) is 17.8 Å². The summed E-state index contributed by atoms with van der Waals surface area (Å²) < 4.78 is 5.57.